The van der Waals surface area contributed by atoms with Gasteiger partial charge in [-0.15, -0.1) is 0 Å². The van der Waals surface area contributed by atoms with Crippen LogP contribution in [0.2, 0.25) is 10.0 Å². The Morgan fingerprint density at radius 2 is 1.59 bits per heavy atom. The van der Waals surface area contributed by atoms with Gasteiger partial charge in [-0.2, -0.15) is 0 Å². The number of nitrogens with one attached hydrogen (secondary N) is 1. The van der Waals surface area contributed by atoms with Gasteiger partial charge in [0.25, 0.3) is 10.0 Å². The van der Waals surface area contributed by atoms with Gasteiger partial charge in [0, 0.05) is 23.1 Å². The molecule has 10 heteroatoms. The quantitative estimate of drug-likeness (QED) is 0.375. The smallest absolute Gasteiger partial charge is 0.264 e. The van der Waals surface area contributed by atoms with E-state index in [1.165, 1.54) is 35.2 Å². The minimum Gasteiger partial charge on any atom is -0.355 e. The number of benzene rings is 3. The van der Waals surface area contributed by atoms with Crippen LogP contribution in [0.25, 0.3) is 0 Å². The first kappa shape index (κ1) is 28.5. The maximum atomic E-state index is 13.8. The number of hydrogen-bond acceptors (Lipinski definition) is 4. The third-order valence-electron chi connectivity index (χ3n) is 5.77. The molecule has 0 saturated carbocycles. The Morgan fingerprint density at radius 3 is 2.19 bits per heavy atom. The lowest BCUT2D eigenvalue weighted by Gasteiger charge is -2.32. The molecule has 0 heterocycles. The normalized spacial score (nSPS) is 12.0. The van der Waals surface area contributed by atoms with E-state index in [0.717, 1.165) is 15.4 Å². The number of aryl methyl sites for hydroxylation is 1. The van der Waals surface area contributed by atoms with E-state index in [1.807, 2.05) is 31.2 Å². The molecule has 3 aromatic rings. The summed E-state index contributed by atoms with van der Waals surface area (Å²) in [6.45, 7) is 5.34. The van der Waals surface area contributed by atoms with Crippen LogP contribution in [-0.4, -0.2) is 44.3 Å². The molecule has 37 heavy (non-hydrogen) atoms. The van der Waals surface area contributed by atoms with Crippen molar-refractivity contribution >= 4 is 50.7 Å². The van der Waals surface area contributed by atoms with Gasteiger partial charge in [0.2, 0.25) is 11.8 Å². The molecule has 2 amide bonds. The molecule has 3 aromatic carbocycles. The Hall–Kier alpha value is -3.07. The second kappa shape index (κ2) is 12.4. The summed E-state index contributed by atoms with van der Waals surface area (Å²) in [5, 5.41) is 3.43. The summed E-state index contributed by atoms with van der Waals surface area (Å²) in [6.07, 6.45) is 0. The zero-order valence-electron chi connectivity index (χ0n) is 20.8. The number of likely N-dealkylation sites (N-methyl/N-ethyl adjacent to an activating group) is 1. The summed E-state index contributed by atoms with van der Waals surface area (Å²) >= 11 is 12.1. The zero-order chi connectivity index (χ0) is 27.2. The van der Waals surface area contributed by atoms with Crippen molar-refractivity contribution in [2.75, 3.05) is 17.4 Å². The van der Waals surface area contributed by atoms with Crippen molar-refractivity contribution in [1.29, 1.82) is 0 Å². The molecule has 0 bridgehead atoms. The number of carbonyl (C=O) groups is 2. The minimum absolute atomic E-state index is 0.0356. The van der Waals surface area contributed by atoms with E-state index in [4.69, 9.17) is 23.2 Å². The Balaban J connectivity index is 2.02. The van der Waals surface area contributed by atoms with Gasteiger partial charge in [-0.05, 0) is 68.8 Å². The highest BCUT2D eigenvalue weighted by molar-refractivity contribution is 7.92. The molecular formula is C27H29Cl2N3O4S. The first-order valence-electron chi connectivity index (χ1n) is 11.7. The fraction of sp³-hybridized carbons (Fsp3) is 0.259. The second-order valence-electron chi connectivity index (χ2n) is 8.52. The average Bonchev–Trinajstić information content (AvgIpc) is 2.86. The number of halogens is 2. The van der Waals surface area contributed by atoms with Crippen LogP contribution < -0.4 is 9.62 Å². The molecule has 0 aliphatic heterocycles. The molecule has 0 saturated heterocycles. The molecule has 1 atom stereocenters. The van der Waals surface area contributed by atoms with Crippen LogP contribution in [0.15, 0.2) is 77.7 Å². The summed E-state index contributed by atoms with van der Waals surface area (Å²) in [5.74, 6) is -0.880. The highest BCUT2D eigenvalue weighted by Gasteiger charge is 2.32. The van der Waals surface area contributed by atoms with Crippen LogP contribution in [-0.2, 0) is 26.2 Å². The van der Waals surface area contributed by atoms with Crippen molar-refractivity contribution in [2.45, 2.75) is 38.3 Å². The number of anilines is 1. The van der Waals surface area contributed by atoms with Crippen LogP contribution in [0.5, 0.6) is 0 Å². The average molecular weight is 563 g/mol. The predicted octanol–water partition coefficient (Wildman–Crippen LogP) is 5.05. The molecule has 3 rings (SSSR count). The van der Waals surface area contributed by atoms with Crippen molar-refractivity contribution in [3.05, 3.63) is 94.0 Å². The Morgan fingerprint density at radius 1 is 0.946 bits per heavy atom. The van der Waals surface area contributed by atoms with E-state index in [2.05, 4.69) is 5.32 Å². The summed E-state index contributed by atoms with van der Waals surface area (Å²) in [6, 6.07) is 18.7. The number of nitrogens with zero attached hydrogens (tertiary/aromatic N) is 2. The fourth-order valence-electron chi connectivity index (χ4n) is 3.69. The molecule has 0 unspecified atom stereocenters. The monoisotopic (exact) mass is 561 g/mol. The van der Waals surface area contributed by atoms with Crippen LogP contribution in [0.4, 0.5) is 5.69 Å². The van der Waals surface area contributed by atoms with Crippen molar-refractivity contribution in [3.8, 4) is 0 Å². The molecule has 0 aromatic heterocycles. The zero-order valence-corrected chi connectivity index (χ0v) is 23.1. The van der Waals surface area contributed by atoms with E-state index in [9.17, 15) is 18.0 Å². The van der Waals surface area contributed by atoms with Crippen LogP contribution >= 0.6 is 23.2 Å². The molecule has 0 spiro atoms. The van der Waals surface area contributed by atoms with E-state index in [1.54, 1.807) is 32.0 Å². The standard InChI is InChI=1S/C27H29Cl2N3O4S/c1-4-30-27(34)20(3)31(17-21-10-8-19(2)9-11-21)26(33)18-32(24-7-5-6-23(29)16-24)37(35,36)25-14-12-22(28)13-15-25/h5-16,20H,4,17-18H2,1-3H3,(H,30,34)/t20-/m1/s1. The first-order valence-corrected chi connectivity index (χ1v) is 13.9. The van der Waals surface area contributed by atoms with E-state index in [0.29, 0.717) is 16.6 Å². The largest absolute Gasteiger partial charge is 0.355 e. The fourth-order valence-corrected chi connectivity index (χ4v) is 5.41. The van der Waals surface area contributed by atoms with Crippen molar-refractivity contribution in [3.63, 3.8) is 0 Å². The molecule has 7 nitrogen and oxygen atoms in total. The van der Waals surface area contributed by atoms with E-state index < -0.39 is 28.5 Å². The van der Waals surface area contributed by atoms with Crippen molar-refractivity contribution in [1.82, 2.24) is 10.2 Å². The Kier molecular flexibility index (Phi) is 9.59. The number of carbonyl (C=O) groups excluding carboxylic acids is 2. The number of amides is 2. The molecule has 196 valence electrons. The summed E-state index contributed by atoms with van der Waals surface area (Å²) < 4.78 is 28.4. The van der Waals surface area contributed by atoms with Gasteiger partial charge in [-0.3, -0.25) is 13.9 Å². The number of hydrogen-bond donors (Lipinski definition) is 1. The summed E-state index contributed by atoms with van der Waals surface area (Å²) in [4.78, 5) is 27.8. The maximum absolute atomic E-state index is 13.8. The van der Waals surface area contributed by atoms with Gasteiger partial charge in [0.05, 0.1) is 10.6 Å². The van der Waals surface area contributed by atoms with Gasteiger partial charge in [0.1, 0.15) is 12.6 Å². The highest BCUT2D eigenvalue weighted by atomic mass is 35.5. The van der Waals surface area contributed by atoms with Crippen molar-refractivity contribution in [2.24, 2.45) is 0 Å². The first-order chi connectivity index (χ1) is 17.5. The molecule has 1 N–H and O–H groups in total. The number of rotatable bonds is 10. The van der Waals surface area contributed by atoms with Gasteiger partial charge in [-0.1, -0.05) is 59.1 Å². The minimum atomic E-state index is -4.18. The lowest BCUT2D eigenvalue weighted by Crippen LogP contribution is -2.51. The van der Waals surface area contributed by atoms with E-state index >= 15 is 0 Å². The molecule has 0 aliphatic rings. The van der Waals surface area contributed by atoms with Crippen LogP contribution in [0.3, 0.4) is 0 Å². The van der Waals surface area contributed by atoms with Gasteiger partial charge in [0.15, 0.2) is 0 Å². The summed E-state index contributed by atoms with van der Waals surface area (Å²) in [5.41, 5.74) is 2.08. The number of sulfonamides is 1. The van der Waals surface area contributed by atoms with Gasteiger partial charge >= 0.3 is 0 Å². The highest BCUT2D eigenvalue weighted by Crippen LogP contribution is 2.27. The SMILES string of the molecule is CCNC(=O)[C@@H](C)N(Cc1ccc(C)cc1)C(=O)CN(c1cccc(Cl)c1)S(=O)(=O)c1ccc(Cl)cc1. The maximum Gasteiger partial charge on any atom is 0.264 e. The predicted molar refractivity (Wildman–Crippen MR) is 147 cm³/mol. The Labute approximate surface area is 228 Å². The third kappa shape index (κ3) is 7.25. The lowest BCUT2D eigenvalue weighted by molar-refractivity contribution is -0.139. The van der Waals surface area contributed by atoms with E-state index in [-0.39, 0.29) is 23.0 Å². The van der Waals surface area contributed by atoms with Gasteiger partial charge in [-0.25, -0.2) is 8.42 Å². The van der Waals surface area contributed by atoms with Crippen LogP contribution in [0.1, 0.15) is 25.0 Å². The summed E-state index contributed by atoms with van der Waals surface area (Å²) in [7, 11) is -4.18. The topological polar surface area (TPSA) is 86.8 Å². The Bertz CT molecular complexity index is 1350. The molecule has 0 radical (unpaired) electrons. The second-order valence-corrected chi connectivity index (χ2v) is 11.3. The van der Waals surface area contributed by atoms with Gasteiger partial charge < -0.3 is 10.2 Å². The lowest BCUT2D eigenvalue weighted by atomic mass is 10.1. The van der Waals surface area contributed by atoms with Crippen molar-refractivity contribution < 1.29 is 18.0 Å². The molecule has 0 aliphatic carbocycles. The van der Waals surface area contributed by atoms with Crippen LogP contribution in [0, 0.1) is 6.92 Å². The molecular weight excluding hydrogens is 533 g/mol. The third-order valence-corrected chi connectivity index (χ3v) is 8.04. The molecule has 0 fully saturated rings.